The summed E-state index contributed by atoms with van der Waals surface area (Å²) in [6.45, 7) is 2.04. The second-order valence-corrected chi connectivity index (χ2v) is 9.74. The minimum atomic E-state index is -4.80. The second-order valence-electron chi connectivity index (χ2n) is 8.89. The second kappa shape index (κ2) is 13.0. The summed E-state index contributed by atoms with van der Waals surface area (Å²) in [6.07, 6.45) is 4.40. The van der Waals surface area contributed by atoms with Crippen LogP contribution in [0.15, 0.2) is 82.6 Å². The van der Waals surface area contributed by atoms with Crippen LogP contribution in [-0.2, 0) is 14.2 Å². The SMILES string of the molecule is COC1=CC(C)(/C=C\c2cc(Br)c(OC)c(N/C=C\C(=O)c3ccc(OC(F)(F)F)cc3)c2)CC(OC)=C1OC. The summed E-state index contributed by atoms with van der Waals surface area (Å²) in [6, 6.07) is 8.41. The van der Waals surface area contributed by atoms with Crippen LogP contribution >= 0.6 is 15.9 Å². The van der Waals surface area contributed by atoms with Crippen molar-refractivity contribution in [3.8, 4) is 11.5 Å². The van der Waals surface area contributed by atoms with Crippen molar-refractivity contribution in [3.63, 3.8) is 0 Å². The van der Waals surface area contributed by atoms with Crippen LogP contribution in [0, 0.1) is 5.41 Å². The number of ketones is 1. The fraction of sp³-hybridized carbons (Fsp3) is 0.276. The Morgan fingerprint density at radius 3 is 2.30 bits per heavy atom. The van der Waals surface area contributed by atoms with Gasteiger partial charge in [0.25, 0.3) is 0 Å². The molecule has 0 amide bonds. The Morgan fingerprint density at radius 1 is 1.02 bits per heavy atom. The third-order valence-electron chi connectivity index (χ3n) is 5.92. The quantitative estimate of drug-likeness (QED) is 0.204. The first-order valence-corrected chi connectivity index (χ1v) is 12.7. The van der Waals surface area contributed by atoms with Crippen LogP contribution in [-0.4, -0.2) is 40.6 Å². The first-order chi connectivity index (χ1) is 18.9. The Balaban J connectivity index is 1.78. The number of benzene rings is 2. The molecule has 1 unspecified atom stereocenters. The number of anilines is 1. The smallest absolute Gasteiger partial charge is 0.497 e. The zero-order valence-electron chi connectivity index (χ0n) is 22.5. The van der Waals surface area contributed by atoms with Gasteiger partial charge >= 0.3 is 6.36 Å². The van der Waals surface area contributed by atoms with E-state index in [4.69, 9.17) is 18.9 Å². The van der Waals surface area contributed by atoms with E-state index in [2.05, 4.69) is 26.0 Å². The lowest BCUT2D eigenvalue weighted by molar-refractivity contribution is -0.274. The van der Waals surface area contributed by atoms with Crippen LogP contribution in [0.4, 0.5) is 18.9 Å². The number of allylic oxidation sites excluding steroid dienone is 4. The molecule has 1 aliphatic carbocycles. The fourth-order valence-corrected chi connectivity index (χ4v) is 4.69. The number of carbonyl (C=O) groups is 1. The maximum Gasteiger partial charge on any atom is 0.573 e. The Hall–Kier alpha value is -3.86. The maximum absolute atomic E-state index is 12.5. The lowest BCUT2D eigenvalue weighted by atomic mass is 9.81. The van der Waals surface area contributed by atoms with E-state index in [1.54, 1.807) is 21.3 Å². The topological polar surface area (TPSA) is 75.3 Å². The van der Waals surface area contributed by atoms with Crippen molar-refractivity contribution < 1.29 is 41.7 Å². The number of nitrogens with one attached hydrogen (secondary N) is 1. The highest BCUT2D eigenvalue weighted by molar-refractivity contribution is 9.10. The van der Waals surface area contributed by atoms with Gasteiger partial charge in [0, 0.05) is 29.7 Å². The summed E-state index contributed by atoms with van der Waals surface area (Å²) in [5.74, 6) is 1.50. The Kier molecular flexibility index (Phi) is 9.97. The Morgan fingerprint density at radius 2 is 1.73 bits per heavy atom. The highest BCUT2D eigenvalue weighted by Crippen LogP contribution is 2.41. The molecule has 11 heteroatoms. The van der Waals surface area contributed by atoms with Crippen molar-refractivity contribution in [1.82, 2.24) is 0 Å². The predicted octanol–water partition coefficient (Wildman–Crippen LogP) is 7.62. The van der Waals surface area contributed by atoms with Gasteiger partial charge in [0.2, 0.25) is 0 Å². The minimum Gasteiger partial charge on any atom is -0.497 e. The van der Waals surface area contributed by atoms with Crippen molar-refractivity contribution in [1.29, 1.82) is 0 Å². The van der Waals surface area contributed by atoms with Crippen molar-refractivity contribution in [2.24, 2.45) is 5.41 Å². The highest BCUT2D eigenvalue weighted by atomic mass is 79.9. The van der Waals surface area contributed by atoms with E-state index in [1.807, 2.05) is 37.3 Å². The number of rotatable bonds is 11. The summed E-state index contributed by atoms with van der Waals surface area (Å²) < 4.78 is 63.6. The highest BCUT2D eigenvalue weighted by Gasteiger charge is 2.32. The van der Waals surface area contributed by atoms with Gasteiger partial charge in [0.05, 0.1) is 38.6 Å². The van der Waals surface area contributed by atoms with E-state index in [-0.39, 0.29) is 5.56 Å². The molecule has 0 aliphatic heterocycles. The number of methoxy groups -OCH3 is 4. The van der Waals surface area contributed by atoms with Crippen molar-refractivity contribution >= 4 is 33.5 Å². The molecule has 1 N–H and O–H groups in total. The maximum atomic E-state index is 12.5. The molecule has 0 saturated carbocycles. The molecule has 1 atom stereocenters. The first-order valence-electron chi connectivity index (χ1n) is 11.9. The van der Waals surface area contributed by atoms with Gasteiger partial charge in [-0.2, -0.15) is 0 Å². The lowest BCUT2D eigenvalue weighted by Crippen LogP contribution is -2.20. The van der Waals surface area contributed by atoms with E-state index in [1.165, 1.54) is 31.5 Å². The fourth-order valence-electron chi connectivity index (χ4n) is 4.05. The van der Waals surface area contributed by atoms with E-state index < -0.39 is 23.3 Å². The third-order valence-corrected chi connectivity index (χ3v) is 6.51. The van der Waals surface area contributed by atoms with Gasteiger partial charge in [-0.3, -0.25) is 4.79 Å². The van der Waals surface area contributed by atoms with Gasteiger partial charge in [-0.25, -0.2) is 0 Å². The molecular weight excluding hydrogens is 595 g/mol. The standard InChI is InChI=1S/C29H29BrF3NO6/c1-28(16-24(36-2)27(39-5)25(17-28)37-3)12-10-18-14-21(30)26(38-4)22(15-18)34-13-11-23(35)19-6-8-20(9-7-19)40-29(31,32)33/h6-16,34H,17H2,1-5H3/b12-10-,13-11-. The average molecular weight is 624 g/mol. The largest absolute Gasteiger partial charge is 0.573 e. The van der Waals surface area contributed by atoms with Gasteiger partial charge in [0.1, 0.15) is 11.5 Å². The molecule has 0 heterocycles. The molecule has 2 aromatic rings. The molecule has 1 aliphatic rings. The van der Waals surface area contributed by atoms with Crippen molar-refractivity contribution in [2.45, 2.75) is 19.7 Å². The molecule has 2 aromatic carbocycles. The van der Waals surface area contributed by atoms with Crippen LogP contribution < -0.4 is 14.8 Å². The van der Waals surface area contributed by atoms with Gasteiger partial charge in [-0.15, -0.1) is 13.2 Å². The number of hydrogen-bond acceptors (Lipinski definition) is 7. The van der Waals surface area contributed by atoms with Crippen molar-refractivity contribution in [3.05, 3.63) is 93.7 Å². The molecule has 40 heavy (non-hydrogen) atoms. The third kappa shape index (κ3) is 7.84. The van der Waals surface area contributed by atoms with Crippen LogP contribution in [0.2, 0.25) is 0 Å². The molecule has 0 bridgehead atoms. The summed E-state index contributed by atoms with van der Waals surface area (Å²) in [7, 11) is 6.24. The van der Waals surface area contributed by atoms with Gasteiger partial charge in [0.15, 0.2) is 23.1 Å². The Bertz CT molecular complexity index is 1350. The number of alkyl halides is 3. The molecule has 0 fully saturated rings. The molecule has 7 nitrogen and oxygen atoms in total. The summed E-state index contributed by atoms with van der Waals surface area (Å²) >= 11 is 3.52. The Labute approximate surface area is 239 Å². The molecule has 3 rings (SSSR count). The monoisotopic (exact) mass is 623 g/mol. The summed E-state index contributed by atoms with van der Waals surface area (Å²) in [5, 5.41) is 3.04. The average Bonchev–Trinajstić information content (AvgIpc) is 2.90. The molecule has 0 aromatic heterocycles. The number of ether oxygens (including phenoxy) is 5. The van der Waals surface area contributed by atoms with Crippen LogP contribution in [0.3, 0.4) is 0 Å². The molecule has 0 radical (unpaired) electrons. The molecule has 0 saturated heterocycles. The van der Waals surface area contributed by atoms with Crippen LogP contribution in [0.5, 0.6) is 11.5 Å². The van der Waals surface area contributed by atoms with Gasteiger partial charge in [-0.1, -0.05) is 19.1 Å². The minimum absolute atomic E-state index is 0.197. The van der Waals surface area contributed by atoms with Crippen LogP contribution in [0.1, 0.15) is 29.3 Å². The zero-order valence-corrected chi connectivity index (χ0v) is 24.1. The van der Waals surface area contributed by atoms with Crippen molar-refractivity contribution in [2.75, 3.05) is 33.8 Å². The molecule has 0 spiro atoms. The lowest BCUT2D eigenvalue weighted by Gasteiger charge is -2.30. The van der Waals surface area contributed by atoms with E-state index in [0.717, 1.165) is 17.7 Å². The van der Waals surface area contributed by atoms with Gasteiger partial charge in [-0.05, 0) is 64.0 Å². The molecule has 214 valence electrons. The normalized spacial score (nSPS) is 17.6. The number of hydrogen-bond donors (Lipinski definition) is 1. The summed E-state index contributed by atoms with van der Waals surface area (Å²) in [4.78, 5) is 12.5. The summed E-state index contributed by atoms with van der Waals surface area (Å²) in [5.41, 5.74) is 1.19. The number of halogens is 4. The molecular formula is C29H29BrF3NO6. The van der Waals surface area contributed by atoms with E-state index >= 15 is 0 Å². The van der Waals surface area contributed by atoms with Gasteiger partial charge < -0.3 is 29.0 Å². The number of carbonyl (C=O) groups excluding carboxylic acids is 1. The van der Waals surface area contributed by atoms with E-state index in [9.17, 15) is 18.0 Å². The predicted molar refractivity (Wildman–Crippen MR) is 149 cm³/mol. The zero-order chi connectivity index (χ0) is 29.5. The first kappa shape index (κ1) is 30.7. The van der Waals surface area contributed by atoms with E-state index in [0.29, 0.717) is 39.6 Å². The van der Waals surface area contributed by atoms with Crippen LogP contribution in [0.25, 0.3) is 6.08 Å².